The van der Waals surface area contributed by atoms with Crippen LogP contribution in [0.25, 0.3) is 0 Å². The van der Waals surface area contributed by atoms with Crippen molar-refractivity contribution in [3.8, 4) is 6.07 Å². The molecule has 2 aromatic rings. The molecular formula is C16H17ClN6O. The molecule has 1 aliphatic heterocycles. The average molecular weight is 345 g/mol. The average Bonchev–Trinajstić information content (AvgIpc) is 2.79. The molecule has 0 atom stereocenters. The first-order chi connectivity index (χ1) is 11.6. The van der Waals surface area contributed by atoms with Gasteiger partial charge in [-0.25, -0.2) is 4.98 Å². The van der Waals surface area contributed by atoms with E-state index in [0.29, 0.717) is 30.4 Å². The Kier molecular flexibility index (Phi) is 4.67. The molecule has 7 nitrogen and oxygen atoms in total. The third-order valence-corrected chi connectivity index (χ3v) is 4.22. The molecule has 2 aromatic heterocycles. The molecule has 1 fully saturated rings. The quantitative estimate of drug-likeness (QED) is 0.828. The van der Waals surface area contributed by atoms with Crippen LogP contribution in [0.15, 0.2) is 24.4 Å². The zero-order valence-corrected chi connectivity index (χ0v) is 14.1. The van der Waals surface area contributed by atoms with Gasteiger partial charge in [-0.2, -0.15) is 10.4 Å². The van der Waals surface area contributed by atoms with E-state index >= 15 is 0 Å². The van der Waals surface area contributed by atoms with Gasteiger partial charge in [-0.15, -0.1) is 0 Å². The van der Waals surface area contributed by atoms with Gasteiger partial charge in [-0.05, 0) is 18.6 Å². The molecule has 0 radical (unpaired) electrons. The lowest BCUT2D eigenvalue weighted by Gasteiger charge is -2.22. The first-order valence-electron chi connectivity index (χ1n) is 7.69. The van der Waals surface area contributed by atoms with Gasteiger partial charge in [0.15, 0.2) is 5.69 Å². The van der Waals surface area contributed by atoms with Gasteiger partial charge in [-0.3, -0.25) is 9.48 Å². The van der Waals surface area contributed by atoms with Gasteiger partial charge >= 0.3 is 0 Å². The Hall–Kier alpha value is -2.59. The molecule has 8 heteroatoms. The number of nitrogens with zero attached hydrogens (tertiary/aromatic N) is 6. The number of aromatic nitrogens is 3. The van der Waals surface area contributed by atoms with Crippen LogP contribution in [0.2, 0.25) is 5.02 Å². The van der Waals surface area contributed by atoms with Gasteiger partial charge in [0.05, 0.1) is 5.02 Å². The maximum Gasteiger partial charge on any atom is 0.275 e. The van der Waals surface area contributed by atoms with Gasteiger partial charge in [0.1, 0.15) is 17.6 Å². The van der Waals surface area contributed by atoms with Crippen molar-refractivity contribution < 1.29 is 4.79 Å². The molecule has 0 unspecified atom stereocenters. The highest BCUT2D eigenvalue weighted by Gasteiger charge is 2.24. The Bertz CT molecular complexity index is 796. The number of halogens is 1. The summed E-state index contributed by atoms with van der Waals surface area (Å²) in [5.74, 6) is 0.611. The van der Waals surface area contributed by atoms with Gasteiger partial charge in [0.2, 0.25) is 0 Å². The van der Waals surface area contributed by atoms with E-state index in [1.165, 1.54) is 4.68 Å². The Labute approximate surface area is 145 Å². The van der Waals surface area contributed by atoms with Crippen molar-refractivity contribution >= 4 is 23.3 Å². The van der Waals surface area contributed by atoms with Crippen molar-refractivity contribution in [1.29, 1.82) is 5.26 Å². The van der Waals surface area contributed by atoms with Crippen molar-refractivity contribution in [3.63, 3.8) is 0 Å². The number of aryl methyl sites for hydroxylation is 1. The van der Waals surface area contributed by atoms with Crippen molar-refractivity contribution in [3.05, 3.63) is 40.8 Å². The van der Waals surface area contributed by atoms with Crippen LogP contribution in [0.4, 0.5) is 5.82 Å². The Morgan fingerprint density at radius 3 is 2.83 bits per heavy atom. The smallest absolute Gasteiger partial charge is 0.275 e. The summed E-state index contributed by atoms with van der Waals surface area (Å²) in [5.41, 5.74) is 0.683. The van der Waals surface area contributed by atoms with Crippen LogP contribution in [-0.2, 0) is 7.05 Å². The van der Waals surface area contributed by atoms with Gasteiger partial charge in [-0.1, -0.05) is 17.7 Å². The maximum atomic E-state index is 12.6. The molecule has 3 rings (SSSR count). The predicted molar refractivity (Wildman–Crippen MR) is 89.9 cm³/mol. The van der Waals surface area contributed by atoms with Gasteiger partial charge < -0.3 is 9.80 Å². The van der Waals surface area contributed by atoms with E-state index in [9.17, 15) is 4.79 Å². The third kappa shape index (κ3) is 3.34. The fraction of sp³-hybridized carbons (Fsp3) is 0.375. The molecule has 0 spiro atoms. The van der Waals surface area contributed by atoms with Crippen molar-refractivity contribution in [2.24, 2.45) is 7.05 Å². The zero-order chi connectivity index (χ0) is 17.1. The van der Waals surface area contributed by atoms with E-state index in [4.69, 9.17) is 16.9 Å². The molecule has 1 aliphatic rings. The third-order valence-electron chi connectivity index (χ3n) is 3.94. The fourth-order valence-electron chi connectivity index (χ4n) is 2.77. The first kappa shape index (κ1) is 16.3. The summed E-state index contributed by atoms with van der Waals surface area (Å²) < 4.78 is 1.54. The molecule has 0 aliphatic carbocycles. The molecule has 0 aromatic carbocycles. The second-order valence-electron chi connectivity index (χ2n) is 5.62. The molecule has 24 heavy (non-hydrogen) atoms. The molecule has 0 bridgehead atoms. The van der Waals surface area contributed by atoms with Crippen LogP contribution in [0.3, 0.4) is 0 Å². The number of carbonyl (C=O) groups is 1. The fourth-order valence-corrected chi connectivity index (χ4v) is 3.03. The lowest BCUT2D eigenvalue weighted by atomic mass is 10.3. The van der Waals surface area contributed by atoms with Crippen LogP contribution in [0.5, 0.6) is 0 Å². The van der Waals surface area contributed by atoms with Crippen LogP contribution in [-0.4, -0.2) is 51.8 Å². The van der Waals surface area contributed by atoms with Crippen molar-refractivity contribution in [2.45, 2.75) is 6.42 Å². The summed E-state index contributed by atoms with van der Waals surface area (Å²) in [7, 11) is 1.74. The minimum atomic E-state index is -0.152. The second kappa shape index (κ2) is 6.89. The van der Waals surface area contributed by atoms with E-state index in [2.05, 4.69) is 21.1 Å². The molecule has 3 heterocycles. The molecular weight excluding hydrogens is 328 g/mol. The number of rotatable bonds is 2. The van der Waals surface area contributed by atoms with Crippen molar-refractivity contribution in [2.75, 3.05) is 31.1 Å². The summed E-state index contributed by atoms with van der Waals surface area (Å²) in [6.45, 7) is 2.63. The number of hydrogen-bond acceptors (Lipinski definition) is 5. The summed E-state index contributed by atoms with van der Waals surface area (Å²) in [6, 6.07) is 7.44. The van der Waals surface area contributed by atoms with Crippen LogP contribution >= 0.6 is 11.6 Å². The highest BCUT2D eigenvalue weighted by molar-refractivity contribution is 6.33. The van der Waals surface area contributed by atoms with Crippen molar-refractivity contribution in [1.82, 2.24) is 19.7 Å². The highest BCUT2D eigenvalue weighted by atomic mass is 35.5. The van der Waals surface area contributed by atoms with Crippen LogP contribution in [0.1, 0.15) is 22.6 Å². The summed E-state index contributed by atoms with van der Waals surface area (Å²) in [5, 5.41) is 13.5. The lowest BCUT2D eigenvalue weighted by molar-refractivity contribution is 0.0760. The van der Waals surface area contributed by atoms with Gasteiger partial charge in [0, 0.05) is 39.4 Å². The SMILES string of the molecule is Cn1cc(Cl)c(C(=O)N2CCCN(c3cccc(C#N)n3)CC2)n1. The number of nitriles is 1. The maximum absolute atomic E-state index is 12.6. The largest absolute Gasteiger partial charge is 0.355 e. The Morgan fingerprint density at radius 2 is 2.12 bits per heavy atom. The van der Waals surface area contributed by atoms with Crippen LogP contribution in [0, 0.1) is 11.3 Å². The summed E-state index contributed by atoms with van der Waals surface area (Å²) in [6.07, 6.45) is 2.44. The predicted octanol–water partition coefficient (Wildman–Crippen LogP) is 1.69. The number of amides is 1. The molecule has 1 saturated heterocycles. The van der Waals surface area contributed by atoms with E-state index in [0.717, 1.165) is 18.8 Å². The summed E-state index contributed by atoms with van der Waals surface area (Å²) in [4.78, 5) is 20.8. The number of pyridine rings is 1. The van der Waals surface area contributed by atoms with E-state index in [-0.39, 0.29) is 11.6 Å². The van der Waals surface area contributed by atoms with Gasteiger partial charge in [0.25, 0.3) is 5.91 Å². The molecule has 0 N–H and O–H groups in total. The minimum absolute atomic E-state index is 0.152. The Morgan fingerprint density at radius 1 is 1.29 bits per heavy atom. The monoisotopic (exact) mass is 344 g/mol. The summed E-state index contributed by atoms with van der Waals surface area (Å²) >= 11 is 6.08. The highest BCUT2D eigenvalue weighted by Crippen LogP contribution is 2.18. The molecule has 124 valence electrons. The van der Waals surface area contributed by atoms with E-state index in [1.807, 2.05) is 12.1 Å². The normalized spacial score (nSPS) is 15.0. The van der Waals surface area contributed by atoms with E-state index < -0.39 is 0 Å². The lowest BCUT2D eigenvalue weighted by Crippen LogP contribution is -2.35. The number of hydrogen-bond donors (Lipinski definition) is 0. The number of carbonyl (C=O) groups excluding carboxylic acids is 1. The molecule has 1 amide bonds. The first-order valence-corrected chi connectivity index (χ1v) is 8.07. The number of anilines is 1. The zero-order valence-electron chi connectivity index (χ0n) is 13.3. The second-order valence-corrected chi connectivity index (χ2v) is 6.03. The Balaban J connectivity index is 1.72. The van der Waals surface area contributed by atoms with E-state index in [1.54, 1.807) is 24.2 Å². The molecule has 0 saturated carbocycles. The topological polar surface area (TPSA) is 78.0 Å². The standard InChI is InChI=1S/C16H17ClN6O/c1-21-11-13(17)15(20-21)16(24)23-7-3-6-22(8-9-23)14-5-2-4-12(10-18)19-14/h2,4-5,11H,3,6-9H2,1H3. The minimum Gasteiger partial charge on any atom is -0.355 e. The van der Waals surface area contributed by atoms with Crippen LogP contribution < -0.4 is 4.90 Å².